The van der Waals surface area contributed by atoms with Crippen LogP contribution in [0.3, 0.4) is 0 Å². The highest BCUT2D eigenvalue weighted by atomic mass is 16.5. The lowest BCUT2D eigenvalue weighted by atomic mass is 10.3. The third-order valence-corrected chi connectivity index (χ3v) is 1.73. The van der Waals surface area contributed by atoms with Crippen molar-refractivity contribution in [1.82, 2.24) is 5.43 Å². The largest absolute Gasteiger partial charge is 0.462 e. The molecular formula is C10H14N4O3. The lowest BCUT2D eigenvalue weighted by Gasteiger charge is -2.00. The summed E-state index contributed by atoms with van der Waals surface area (Å²) in [5.74, 6) is -0.720. The first-order valence-corrected chi connectivity index (χ1v) is 4.83. The topological polar surface area (TPSA) is 107 Å². The number of carbonyl (C=O) groups excluding carboxylic acids is 1. The fourth-order valence-corrected chi connectivity index (χ4v) is 0.693. The van der Waals surface area contributed by atoms with E-state index < -0.39 is 5.97 Å². The van der Waals surface area contributed by atoms with Crippen LogP contribution in [0.25, 0.3) is 0 Å². The van der Waals surface area contributed by atoms with Crippen LogP contribution in [0.15, 0.2) is 22.0 Å². The van der Waals surface area contributed by atoms with Crippen molar-refractivity contribution in [3.8, 4) is 6.07 Å². The molecule has 0 amide bonds. The molecule has 0 rings (SSSR count). The number of nitriles is 1. The summed E-state index contributed by atoms with van der Waals surface area (Å²) in [5, 5.41) is 23.8. The van der Waals surface area contributed by atoms with Gasteiger partial charge in [0.05, 0.1) is 18.0 Å². The molecule has 0 saturated heterocycles. The molecule has 0 spiro atoms. The van der Waals surface area contributed by atoms with Gasteiger partial charge in [-0.1, -0.05) is 5.16 Å². The monoisotopic (exact) mass is 238 g/mol. The Hall–Kier alpha value is -2.36. The van der Waals surface area contributed by atoms with Gasteiger partial charge in [-0.05, 0) is 20.8 Å². The van der Waals surface area contributed by atoms with Crippen LogP contribution in [-0.4, -0.2) is 29.2 Å². The van der Waals surface area contributed by atoms with Crippen LogP contribution in [0.1, 0.15) is 20.8 Å². The van der Waals surface area contributed by atoms with Crippen molar-refractivity contribution >= 4 is 17.4 Å². The molecule has 17 heavy (non-hydrogen) atoms. The molecule has 0 aliphatic heterocycles. The predicted molar refractivity (Wildman–Crippen MR) is 61.5 cm³/mol. The Morgan fingerprint density at radius 1 is 1.53 bits per heavy atom. The van der Waals surface area contributed by atoms with Gasteiger partial charge in [0.2, 0.25) is 0 Å². The first-order chi connectivity index (χ1) is 8.06. The third kappa shape index (κ3) is 5.32. The van der Waals surface area contributed by atoms with Crippen LogP contribution in [0.2, 0.25) is 0 Å². The van der Waals surface area contributed by atoms with Crippen molar-refractivity contribution in [1.29, 1.82) is 5.26 Å². The zero-order valence-corrected chi connectivity index (χ0v) is 9.89. The van der Waals surface area contributed by atoms with Crippen molar-refractivity contribution < 1.29 is 14.7 Å². The number of nitrogens with one attached hydrogen (secondary N) is 1. The standard InChI is InChI=1S/C10H14N4O3/c1-4-17-10(15)9(5-11)6-12-13-7(2)8(3)14-16/h6,12,16H,4H2,1-3H3/b9-6+,13-7-,14-8-. The lowest BCUT2D eigenvalue weighted by Crippen LogP contribution is -2.13. The van der Waals surface area contributed by atoms with Gasteiger partial charge in [0.25, 0.3) is 0 Å². The Kier molecular flexibility index (Phi) is 6.78. The fraction of sp³-hybridized carbons (Fsp3) is 0.400. The Morgan fingerprint density at radius 3 is 2.65 bits per heavy atom. The molecule has 0 saturated carbocycles. The average molecular weight is 238 g/mol. The highest BCUT2D eigenvalue weighted by Crippen LogP contribution is 1.94. The second-order valence-electron chi connectivity index (χ2n) is 2.90. The maximum atomic E-state index is 11.2. The van der Waals surface area contributed by atoms with Crippen LogP contribution in [0, 0.1) is 11.3 Å². The number of carbonyl (C=O) groups is 1. The van der Waals surface area contributed by atoms with Gasteiger partial charge in [-0.15, -0.1) is 0 Å². The zero-order chi connectivity index (χ0) is 13.3. The Morgan fingerprint density at radius 2 is 2.18 bits per heavy atom. The summed E-state index contributed by atoms with van der Waals surface area (Å²) in [6.07, 6.45) is 1.12. The molecule has 0 aromatic rings. The molecular weight excluding hydrogens is 224 g/mol. The zero-order valence-electron chi connectivity index (χ0n) is 9.89. The fourth-order valence-electron chi connectivity index (χ4n) is 0.693. The molecule has 0 aliphatic carbocycles. The minimum atomic E-state index is -0.720. The maximum absolute atomic E-state index is 11.2. The Balaban J connectivity index is 4.61. The van der Waals surface area contributed by atoms with Crippen LogP contribution >= 0.6 is 0 Å². The highest BCUT2D eigenvalue weighted by Gasteiger charge is 2.08. The van der Waals surface area contributed by atoms with Crippen molar-refractivity contribution in [3.05, 3.63) is 11.8 Å². The van der Waals surface area contributed by atoms with Gasteiger partial charge in [-0.2, -0.15) is 10.4 Å². The Labute approximate surface area is 99.1 Å². The van der Waals surface area contributed by atoms with E-state index in [2.05, 4.69) is 20.4 Å². The van der Waals surface area contributed by atoms with E-state index in [-0.39, 0.29) is 12.2 Å². The summed E-state index contributed by atoms with van der Waals surface area (Å²) in [6, 6.07) is 1.68. The smallest absolute Gasteiger partial charge is 0.350 e. The van der Waals surface area contributed by atoms with Crippen molar-refractivity contribution in [2.75, 3.05) is 6.61 Å². The first-order valence-electron chi connectivity index (χ1n) is 4.83. The molecule has 0 atom stereocenters. The predicted octanol–water partition coefficient (Wildman–Crippen LogP) is 0.773. The van der Waals surface area contributed by atoms with E-state index in [0.717, 1.165) is 6.20 Å². The number of hydrazone groups is 1. The summed E-state index contributed by atoms with van der Waals surface area (Å²) >= 11 is 0. The highest BCUT2D eigenvalue weighted by molar-refractivity contribution is 6.40. The van der Waals surface area contributed by atoms with Gasteiger partial charge in [-0.3, -0.25) is 5.43 Å². The van der Waals surface area contributed by atoms with E-state index in [9.17, 15) is 4.79 Å². The molecule has 0 heterocycles. The van der Waals surface area contributed by atoms with Gasteiger partial charge < -0.3 is 9.94 Å². The van der Waals surface area contributed by atoms with Gasteiger partial charge in [0, 0.05) is 6.20 Å². The average Bonchev–Trinajstić information content (AvgIpc) is 2.33. The summed E-state index contributed by atoms with van der Waals surface area (Å²) in [5.41, 5.74) is 2.95. The van der Waals surface area contributed by atoms with Crippen LogP contribution < -0.4 is 5.43 Å². The van der Waals surface area contributed by atoms with E-state index in [1.807, 2.05) is 0 Å². The number of esters is 1. The Bertz CT molecular complexity index is 404. The van der Waals surface area contributed by atoms with Crippen LogP contribution in [0.5, 0.6) is 0 Å². The molecule has 0 aromatic heterocycles. The minimum absolute atomic E-state index is 0.191. The molecule has 2 N–H and O–H groups in total. The number of hydrogen-bond donors (Lipinski definition) is 2. The molecule has 0 fully saturated rings. The number of rotatable bonds is 5. The van der Waals surface area contributed by atoms with E-state index in [1.165, 1.54) is 0 Å². The molecule has 92 valence electrons. The summed E-state index contributed by atoms with van der Waals surface area (Å²) in [4.78, 5) is 11.2. The van der Waals surface area contributed by atoms with Crippen molar-refractivity contribution in [3.63, 3.8) is 0 Å². The van der Waals surface area contributed by atoms with Crippen molar-refractivity contribution in [2.45, 2.75) is 20.8 Å². The minimum Gasteiger partial charge on any atom is -0.462 e. The summed E-state index contributed by atoms with van der Waals surface area (Å²) < 4.78 is 4.64. The second kappa shape index (κ2) is 7.87. The number of hydrogen-bond acceptors (Lipinski definition) is 7. The summed E-state index contributed by atoms with van der Waals surface area (Å²) in [6.45, 7) is 4.99. The molecule has 7 nitrogen and oxygen atoms in total. The maximum Gasteiger partial charge on any atom is 0.350 e. The molecule has 0 bridgehead atoms. The summed E-state index contributed by atoms with van der Waals surface area (Å²) in [7, 11) is 0. The first kappa shape index (κ1) is 14.6. The number of oxime groups is 1. The third-order valence-electron chi connectivity index (χ3n) is 1.73. The lowest BCUT2D eigenvalue weighted by molar-refractivity contribution is -0.138. The number of ether oxygens (including phenoxy) is 1. The molecule has 7 heteroatoms. The van der Waals surface area contributed by atoms with Gasteiger partial charge in [0.15, 0.2) is 5.57 Å². The quantitative estimate of drug-likeness (QED) is 0.184. The van der Waals surface area contributed by atoms with Crippen molar-refractivity contribution in [2.24, 2.45) is 10.3 Å². The normalized spacial score (nSPS) is 12.9. The van der Waals surface area contributed by atoms with E-state index in [1.54, 1.807) is 26.8 Å². The SMILES string of the molecule is CCOC(=O)/C(C#N)=C/N/N=C(C)\C(C)=N/O. The van der Waals surface area contributed by atoms with E-state index in [0.29, 0.717) is 11.4 Å². The van der Waals surface area contributed by atoms with Crippen LogP contribution in [0.4, 0.5) is 0 Å². The molecule has 0 radical (unpaired) electrons. The van der Waals surface area contributed by atoms with Crippen LogP contribution in [-0.2, 0) is 9.53 Å². The van der Waals surface area contributed by atoms with Gasteiger partial charge in [0.1, 0.15) is 6.07 Å². The molecule has 0 aliphatic rings. The molecule has 0 unspecified atom stereocenters. The number of nitrogens with zero attached hydrogens (tertiary/aromatic N) is 3. The van der Waals surface area contributed by atoms with Gasteiger partial charge in [-0.25, -0.2) is 4.79 Å². The molecule has 0 aromatic carbocycles. The van der Waals surface area contributed by atoms with E-state index in [4.69, 9.17) is 10.5 Å². The van der Waals surface area contributed by atoms with E-state index >= 15 is 0 Å². The second-order valence-corrected chi connectivity index (χ2v) is 2.90. The van der Waals surface area contributed by atoms with Gasteiger partial charge >= 0.3 is 5.97 Å².